The zero-order chi connectivity index (χ0) is 26.8. The Hall–Kier alpha value is -2.41. The summed E-state index contributed by atoms with van der Waals surface area (Å²) >= 11 is 0. The first kappa shape index (κ1) is 31.6. The zero-order valence-electron chi connectivity index (χ0n) is 21.9. The average molecular weight is 507 g/mol. The van der Waals surface area contributed by atoms with Gasteiger partial charge in [0.1, 0.15) is 18.1 Å². The molecule has 1 heterocycles. The first-order valence-electron chi connectivity index (χ1n) is 13.4. The Balaban J connectivity index is 2.24. The third kappa shape index (κ3) is 12.0. The van der Waals surface area contributed by atoms with Gasteiger partial charge in [0.2, 0.25) is 5.91 Å². The van der Waals surface area contributed by atoms with Gasteiger partial charge in [-0.3, -0.25) is 9.69 Å². The molecule has 0 aliphatic carbocycles. The van der Waals surface area contributed by atoms with E-state index >= 15 is 0 Å². The molecule has 36 heavy (non-hydrogen) atoms. The summed E-state index contributed by atoms with van der Waals surface area (Å²) in [6.07, 6.45) is 15.7. The number of ether oxygens (including phenoxy) is 1. The Morgan fingerprint density at radius 2 is 1.58 bits per heavy atom. The fraction of sp³-hybridized carbons (Fsp3) is 0.741. The van der Waals surface area contributed by atoms with Crippen molar-refractivity contribution in [3.05, 3.63) is 24.6 Å². The number of nitriles is 1. The molecule has 204 valence electrons. The van der Waals surface area contributed by atoms with Crippen LogP contribution in [0.5, 0.6) is 0 Å². The van der Waals surface area contributed by atoms with Crippen molar-refractivity contribution >= 4 is 11.9 Å². The lowest BCUT2D eigenvalue weighted by Crippen LogP contribution is -2.43. The van der Waals surface area contributed by atoms with Crippen molar-refractivity contribution < 1.29 is 24.5 Å². The number of nitrogens with zero attached hydrogens (tertiary/aromatic N) is 2. The lowest BCUT2D eigenvalue weighted by Gasteiger charge is -2.25. The molecule has 1 fully saturated rings. The number of carbonyl (C=O) groups is 2. The molecule has 3 amide bonds. The molecule has 1 rings (SSSR count). The molecule has 0 aromatic heterocycles. The summed E-state index contributed by atoms with van der Waals surface area (Å²) in [6.45, 7) is 5.49. The number of amides is 3. The molecule has 0 saturated carbocycles. The molecule has 1 saturated heterocycles. The minimum absolute atomic E-state index is 0.166. The fourth-order valence-corrected chi connectivity index (χ4v) is 4.31. The molecule has 0 bridgehead atoms. The molecule has 1 aliphatic heterocycles. The first-order valence-corrected chi connectivity index (χ1v) is 13.4. The zero-order valence-corrected chi connectivity index (χ0v) is 21.9. The Kier molecular flexibility index (Phi) is 16.5. The maximum absolute atomic E-state index is 12.2. The van der Waals surface area contributed by atoms with E-state index in [1.54, 1.807) is 0 Å². The second-order valence-electron chi connectivity index (χ2n) is 9.52. The van der Waals surface area contributed by atoms with Crippen molar-refractivity contribution in [2.75, 3.05) is 6.61 Å². The highest BCUT2D eigenvalue weighted by molar-refractivity contribution is 5.78. The number of rotatable bonds is 19. The maximum Gasteiger partial charge on any atom is 0.320 e. The maximum atomic E-state index is 12.2. The van der Waals surface area contributed by atoms with Crippen LogP contribution >= 0.6 is 0 Å². The molecule has 1 aliphatic rings. The van der Waals surface area contributed by atoms with Gasteiger partial charge in [-0.1, -0.05) is 90.6 Å². The number of carbonyl (C=O) groups excluding carboxylic acids is 2. The molecule has 9 nitrogen and oxygen atoms in total. The van der Waals surface area contributed by atoms with Crippen molar-refractivity contribution in [1.82, 2.24) is 10.2 Å². The fourth-order valence-electron chi connectivity index (χ4n) is 4.31. The van der Waals surface area contributed by atoms with Crippen LogP contribution in [0.2, 0.25) is 0 Å². The van der Waals surface area contributed by atoms with Crippen LogP contribution < -0.4 is 11.1 Å². The molecule has 0 aromatic carbocycles. The van der Waals surface area contributed by atoms with E-state index in [1.807, 2.05) is 6.07 Å². The minimum atomic E-state index is -1.26. The van der Waals surface area contributed by atoms with E-state index in [9.17, 15) is 25.1 Å². The van der Waals surface area contributed by atoms with E-state index in [1.165, 1.54) is 76.5 Å². The summed E-state index contributed by atoms with van der Waals surface area (Å²) < 4.78 is 5.43. The van der Waals surface area contributed by atoms with Crippen LogP contribution in [0.1, 0.15) is 96.8 Å². The lowest BCUT2D eigenvalue weighted by atomic mass is 10.0. The minimum Gasteiger partial charge on any atom is -0.394 e. The van der Waals surface area contributed by atoms with Crippen LogP contribution in [0, 0.1) is 17.2 Å². The molecule has 1 unspecified atom stereocenters. The van der Waals surface area contributed by atoms with Gasteiger partial charge < -0.3 is 26.0 Å². The molecule has 0 radical (unpaired) electrons. The molecular weight excluding hydrogens is 460 g/mol. The average Bonchev–Trinajstić information content (AvgIpc) is 3.16. The number of unbranched alkanes of at least 4 members (excludes halogenated alkanes) is 12. The highest BCUT2D eigenvalue weighted by atomic mass is 16.5. The highest BCUT2D eigenvalue weighted by Crippen LogP contribution is 2.29. The van der Waals surface area contributed by atoms with E-state index in [2.05, 4.69) is 18.8 Å². The van der Waals surface area contributed by atoms with E-state index < -0.39 is 37.0 Å². The van der Waals surface area contributed by atoms with Crippen LogP contribution in [0.3, 0.4) is 0 Å². The quantitative estimate of drug-likeness (QED) is 0.152. The van der Waals surface area contributed by atoms with Crippen molar-refractivity contribution in [3.63, 3.8) is 0 Å². The number of nitrogens with two attached hydrogens (primary N) is 1. The monoisotopic (exact) mass is 506 g/mol. The van der Waals surface area contributed by atoms with E-state index in [-0.39, 0.29) is 11.6 Å². The SMILES string of the molecule is C=C(/C=C\N(C(N)=O)[C@@H]1OC(CO)[C@@H](O)[C@@H]1C#N)NC(=O)CCCCCCCCCCCCCCC. The summed E-state index contributed by atoms with van der Waals surface area (Å²) in [7, 11) is 0. The van der Waals surface area contributed by atoms with Gasteiger partial charge >= 0.3 is 6.03 Å². The lowest BCUT2D eigenvalue weighted by molar-refractivity contribution is -0.120. The summed E-state index contributed by atoms with van der Waals surface area (Å²) in [5, 5.41) is 31.4. The molecule has 0 aromatic rings. The third-order valence-corrected chi connectivity index (χ3v) is 6.47. The Labute approximate surface area is 216 Å². The van der Waals surface area contributed by atoms with Gasteiger partial charge in [-0.05, 0) is 12.5 Å². The normalized spacial score (nSPS) is 21.4. The van der Waals surface area contributed by atoms with Gasteiger partial charge in [0, 0.05) is 18.3 Å². The summed E-state index contributed by atoms with van der Waals surface area (Å²) in [4.78, 5) is 25.0. The van der Waals surface area contributed by atoms with Crippen LogP contribution in [-0.2, 0) is 9.53 Å². The predicted octanol–water partition coefficient (Wildman–Crippen LogP) is 4.21. The van der Waals surface area contributed by atoms with Crippen molar-refractivity contribution in [1.29, 1.82) is 5.26 Å². The number of aliphatic hydroxyl groups excluding tert-OH is 2. The largest absolute Gasteiger partial charge is 0.394 e. The van der Waals surface area contributed by atoms with Gasteiger partial charge in [-0.2, -0.15) is 5.26 Å². The van der Waals surface area contributed by atoms with Crippen LogP contribution in [0.25, 0.3) is 0 Å². The van der Waals surface area contributed by atoms with Gasteiger partial charge in [0.25, 0.3) is 0 Å². The van der Waals surface area contributed by atoms with E-state index in [4.69, 9.17) is 10.5 Å². The molecular formula is C27H46N4O5. The smallest absolute Gasteiger partial charge is 0.320 e. The van der Waals surface area contributed by atoms with Crippen molar-refractivity contribution in [2.24, 2.45) is 11.7 Å². The van der Waals surface area contributed by atoms with E-state index in [0.29, 0.717) is 6.42 Å². The summed E-state index contributed by atoms with van der Waals surface area (Å²) in [5.41, 5.74) is 5.66. The standard InChI is InChI=1S/C27H46N4O5/c1-3-4-5-6-7-8-9-10-11-12-13-14-15-16-24(33)30-21(2)17-18-31(27(29)35)26-22(19-28)25(34)23(20-32)36-26/h17-18,22-23,25-26,32,34H,2-16,20H2,1H3,(H2,29,35)(H,30,33)/b18-17-/t22-,23?,25-,26+/m0/s1. The topological polar surface area (TPSA) is 149 Å². The van der Waals surface area contributed by atoms with Crippen molar-refractivity contribution in [2.45, 2.75) is 115 Å². The van der Waals surface area contributed by atoms with Gasteiger partial charge in [0.05, 0.1) is 12.7 Å². The van der Waals surface area contributed by atoms with E-state index in [0.717, 1.165) is 24.2 Å². The number of nitrogens with one attached hydrogen (secondary N) is 1. The first-order chi connectivity index (χ1) is 17.3. The van der Waals surface area contributed by atoms with Crippen LogP contribution in [0.15, 0.2) is 24.6 Å². The number of urea groups is 1. The second kappa shape index (κ2) is 18.8. The molecule has 0 spiro atoms. The number of hydrogen-bond acceptors (Lipinski definition) is 6. The highest BCUT2D eigenvalue weighted by Gasteiger charge is 2.47. The molecule has 9 heteroatoms. The molecule has 4 atom stereocenters. The summed E-state index contributed by atoms with van der Waals surface area (Å²) in [6, 6.07) is 0.971. The van der Waals surface area contributed by atoms with Crippen molar-refractivity contribution in [3.8, 4) is 6.07 Å². The number of aliphatic hydroxyl groups is 2. The van der Waals surface area contributed by atoms with Crippen LogP contribution in [0.4, 0.5) is 4.79 Å². The Morgan fingerprint density at radius 3 is 2.06 bits per heavy atom. The second-order valence-corrected chi connectivity index (χ2v) is 9.52. The third-order valence-electron chi connectivity index (χ3n) is 6.47. The Morgan fingerprint density at radius 1 is 1.06 bits per heavy atom. The Bertz CT molecular complexity index is 736. The number of allylic oxidation sites excluding steroid dienone is 1. The van der Waals surface area contributed by atoms with Gasteiger partial charge in [0.15, 0.2) is 6.23 Å². The number of hydrogen-bond donors (Lipinski definition) is 4. The van der Waals surface area contributed by atoms with Gasteiger partial charge in [-0.25, -0.2) is 4.79 Å². The predicted molar refractivity (Wildman–Crippen MR) is 139 cm³/mol. The molecule has 5 N–H and O–H groups in total. The number of primary amides is 1. The summed E-state index contributed by atoms with van der Waals surface area (Å²) in [5.74, 6) is -1.25. The van der Waals surface area contributed by atoms with Crippen LogP contribution in [-0.4, -0.2) is 52.1 Å². The van der Waals surface area contributed by atoms with Gasteiger partial charge in [-0.15, -0.1) is 0 Å².